The van der Waals surface area contributed by atoms with Crippen molar-refractivity contribution in [2.24, 2.45) is 0 Å². The van der Waals surface area contributed by atoms with E-state index in [9.17, 15) is 0 Å². The average Bonchev–Trinajstić information content (AvgIpc) is 3.03. The fraction of sp³-hybridized carbons (Fsp3) is 0.143. The summed E-state index contributed by atoms with van der Waals surface area (Å²) in [5, 5.41) is 5.67. The number of thiazole rings is 1. The number of nitrogens with one attached hydrogen (secondary N) is 1. The van der Waals surface area contributed by atoms with E-state index in [0.29, 0.717) is 11.1 Å². The topological polar surface area (TPSA) is 82.0 Å². The summed E-state index contributed by atoms with van der Waals surface area (Å²) in [6.07, 6.45) is 0. The Hall–Kier alpha value is -2.74. The Morgan fingerprint density at radius 3 is 2.23 bits per heavy atom. The molecule has 112 valence electrons. The monoisotopic (exact) mass is 315 g/mol. The molecule has 1 aromatic carbocycles. The lowest BCUT2D eigenvalue weighted by atomic mass is 10.2. The fourth-order valence-corrected chi connectivity index (χ4v) is 2.46. The summed E-state index contributed by atoms with van der Waals surface area (Å²) < 4.78 is 10.0. The molecule has 0 aliphatic heterocycles. The molecule has 0 fully saturated rings. The molecule has 0 saturated carbocycles. The minimum atomic E-state index is 0.175. The second kappa shape index (κ2) is 6.35. The van der Waals surface area contributed by atoms with Crippen molar-refractivity contribution < 1.29 is 9.47 Å². The van der Waals surface area contributed by atoms with Crippen molar-refractivity contribution in [2.75, 3.05) is 19.5 Å². The Morgan fingerprint density at radius 2 is 1.59 bits per heavy atom. The molecule has 0 amide bonds. The lowest BCUT2D eigenvalue weighted by Crippen LogP contribution is -2.03. The highest BCUT2D eigenvalue weighted by molar-refractivity contribution is 7.14. The van der Waals surface area contributed by atoms with E-state index in [0.717, 1.165) is 11.3 Å². The van der Waals surface area contributed by atoms with Crippen LogP contribution >= 0.6 is 11.3 Å². The number of hydrogen-bond donors (Lipinski definition) is 1. The van der Waals surface area contributed by atoms with Crippen molar-refractivity contribution in [3.8, 4) is 23.3 Å². The van der Waals surface area contributed by atoms with E-state index in [1.54, 1.807) is 0 Å². The molecule has 3 rings (SSSR count). The van der Waals surface area contributed by atoms with Gasteiger partial charge in [-0.1, -0.05) is 30.3 Å². The SMILES string of the molecule is COc1nc(Nc2nc(-c3ccccc3)cs2)nc(OC)n1. The van der Waals surface area contributed by atoms with E-state index in [-0.39, 0.29) is 12.0 Å². The van der Waals surface area contributed by atoms with Crippen LogP contribution in [-0.2, 0) is 0 Å². The lowest BCUT2D eigenvalue weighted by molar-refractivity contribution is 0.341. The minimum Gasteiger partial charge on any atom is -0.467 e. The van der Waals surface area contributed by atoms with Gasteiger partial charge in [-0.05, 0) is 0 Å². The van der Waals surface area contributed by atoms with Gasteiger partial charge < -0.3 is 9.47 Å². The summed E-state index contributed by atoms with van der Waals surface area (Å²) in [6, 6.07) is 10.3. The molecule has 1 N–H and O–H groups in total. The molecule has 0 atom stereocenters. The van der Waals surface area contributed by atoms with Gasteiger partial charge in [-0.2, -0.15) is 9.97 Å². The van der Waals surface area contributed by atoms with Gasteiger partial charge in [-0.15, -0.1) is 16.3 Å². The molecule has 22 heavy (non-hydrogen) atoms. The molecule has 0 saturated heterocycles. The third kappa shape index (κ3) is 3.12. The minimum absolute atomic E-state index is 0.175. The highest BCUT2D eigenvalue weighted by Crippen LogP contribution is 2.26. The Labute approximate surface area is 131 Å². The van der Waals surface area contributed by atoms with E-state index < -0.39 is 0 Å². The smallest absolute Gasteiger partial charge is 0.324 e. The normalized spacial score (nSPS) is 10.3. The van der Waals surface area contributed by atoms with E-state index in [4.69, 9.17) is 9.47 Å². The molecule has 7 nitrogen and oxygen atoms in total. The number of methoxy groups -OCH3 is 2. The van der Waals surface area contributed by atoms with Gasteiger partial charge in [0.25, 0.3) is 0 Å². The highest BCUT2D eigenvalue weighted by Gasteiger charge is 2.10. The average molecular weight is 315 g/mol. The van der Waals surface area contributed by atoms with Crippen LogP contribution in [0.5, 0.6) is 12.0 Å². The first-order chi connectivity index (χ1) is 10.8. The number of anilines is 2. The number of nitrogens with zero attached hydrogens (tertiary/aromatic N) is 4. The fourth-order valence-electron chi connectivity index (χ4n) is 1.74. The first-order valence-corrected chi connectivity index (χ1v) is 7.28. The van der Waals surface area contributed by atoms with Crippen molar-refractivity contribution >= 4 is 22.4 Å². The Kier molecular flexibility index (Phi) is 4.10. The van der Waals surface area contributed by atoms with Gasteiger partial charge in [0.05, 0.1) is 19.9 Å². The second-order valence-corrected chi connectivity index (χ2v) is 5.02. The van der Waals surface area contributed by atoms with Crippen molar-refractivity contribution in [1.29, 1.82) is 0 Å². The van der Waals surface area contributed by atoms with Crippen molar-refractivity contribution in [1.82, 2.24) is 19.9 Å². The highest BCUT2D eigenvalue weighted by atomic mass is 32.1. The number of ether oxygens (including phenoxy) is 2. The number of hydrogen-bond acceptors (Lipinski definition) is 8. The van der Waals surface area contributed by atoms with Crippen LogP contribution in [0.15, 0.2) is 35.7 Å². The molecular formula is C14H13N5O2S. The molecule has 0 radical (unpaired) electrons. The van der Waals surface area contributed by atoms with Gasteiger partial charge in [0.15, 0.2) is 5.13 Å². The standard InChI is InChI=1S/C14H13N5O2S/c1-20-12-16-11(17-13(19-12)21-2)18-14-15-10(8-22-14)9-6-4-3-5-7-9/h3-8H,1-2H3,(H,15,16,17,18,19). The zero-order chi connectivity index (χ0) is 15.4. The van der Waals surface area contributed by atoms with E-state index >= 15 is 0 Å². The third-order valence-corrected chi connectivity index (χ3v) is 3.51. The maximum atomic E-state index is 5.01. The van der Waals surface area contributed by atoms with Crippen molar-refractivity contribution in [3.63, 3.8) is 0 Å². The van der Waals surface area contributed by atoms with Gasteiger partial charge >= 0.3 is 12.0 Å². The number of aromatic nitrogens is 4. The molecule has 2 aromatic heterocycles. The van der Waals surface area contributed by atoms with Crippen molar-refractivity contribution in [2.45, 2.75) is 0 Å². The Morgan fingerprint density at radius 1 is 0.909 bits per heavy atom. The molecule has 8 heteroatoms. The molecule has 2 heterocycles. The van der Waals surface area contributed by atoms with Crippen LogP contribution in [0.4, 0.5) is 11.1 Å². The third-order valence-electron chi connectivity index (χ3n) is 2.75. The lowest BCUT2D eigenvalue weighted by Gasteiger charge is -2.04. The van der Waals surface area contributed by atoms with Gasteiger partial charge in [0.2, 0.25) is 5.95 Å². The molecule has 3 aromatic rings. The summed E-state index contributed by atoms with van der Waals surface area (Å²) in [5.74, 6) is 0.317. The number of benzene rings is 1. The first kappa shape index (κ1) is 14.2. The molecule has 0 aliphatic rings. The summed E-state index contributed by atoms with van der Waals surface area (Å²) in [4.78, 5) is 16.7. The predicted molar refractivity (Wildman–Crippen MR) is 83.8 cm³/mol. The summed E-state index contributed by atoms with van der Waals surface area (Å²) in [7, 11) is 2.96. The summed E-state index contributed by atoms with van der Waals surface area (Å²) in [5.41, 5.74) is 1.94. The van der Waals surface area contributed by atoms with Gasteiger partial charge in [0.1, 0.15) is 0 Å². The largest absolute Gasteiger partial charge is 0.467 e. The van der Waals surface area contributed by atoms with Crippen LogP contribution in [0, 0.1) is 0 Å². The van der Waals surface area contributed by atoms with E-state index in [1.165, 1.54) is 25.6 Å². The van der Waals surface area contributed by atoms with Crippen molar-refractivity contribution in [3.05, 3.63) is 35.7 Å². The van der Waals surface area contributed by atoms with Crippen LogP contribution in [0.25, 0.3) is 11.3 Å². The first-order valence-electron chi connectivity index (χ1n) is 6.40. The maximum absolute atomic E-state index is 5.01. The summed E-state index contributed by atoms with van der Waals surface area (Å²) >= 11 is 1.46. The molecule has 0 aliphatic carbocycles. The Balaban J connectivity index is 1.83. The van der Waals surface area contributed by atoms with Gasteiger partial charge in [0, 0.05) is 10.9 Å². The maximum Gasteiger partial charge on any atom is 0.324 e. The van der Waals surface area contributed by atoms with Crippen LogP contribution in [0.2, 0.25) is 0 Å². The number of rotatable bonds is 5. The van der Waals surface area contributed by atoms with Crippen LogP contribution < -0.4 is 14.8 Å². The van der Waals surface area contributed by atoms with Crippen LogP contribution in [-0.4, -0.2) is 34.2 Å². The zero-order valence-electron chi connectivity index (χ0n) is 12.0. The quantitative estimate of drug-likeness (QED) is 0.775. The molecule has 0 bridgehead atoms. The molecule has 0 unspecified atom stereocenters. The predicted octanol–water partition coefficient (Wildman–Crippen LogP) is 2.76. The molecular weight excluding hydrogens is 302 g/mol. The second-order valence-electron chi connectivity index (χ2n) is 4.16. The molecule has 0 spiro atoms. The van der Waals surface area contributed by atoms with Gasteiger partial charge in [-0.25, -0.2) is 4.98 Å². The zero-order valence-corrected chi connectivity index (χ0v) is 12.8. The van der Waals surface area contributed by atoms with Crippen LogP contribution in [0.1, 0.15) is 0 Å². The Bertz CT molecular complexity index is 741. The van der Waals surface area contributed by atoms with E-state index in [2.05, 4.69) is 25.3 Å². The van der Waals surface area contributed by atoms with Crippen LogP contribution in [0.3, 0.4) is 0 Å². The van der Waals surface area contributed by atoms with Gasteiger partial charge in [-0.3, -0.25) is 5.32 Å². The summed E-state index contributed by atoms with van der Waals surface area (Å²) in [6.45, 7) is 0. The van der Waals surface area contributed by atoms with E-state index in [1.807, 2.05) is 35.7 Å².